The van der Waals surface area contributed by atoms with Crippen molar-refractivity contribution in [1.29, 1.82) is 0 Å². The van der Waals surface area contributed by atoms with Gasteiger partial charge < -0.3 is 10.1 Å². The largest absolute Gasteiger partial charge is 0.391 e. The van der Waals surface area contributed by atoms with Crippen molar-refractivity contribution in [2.45, 2.75) is 32.5 Å². The van der Waals surface area contributed by atoms with Crippen molar-refractivity contribution < 1.29 is 17.9 Å². The van der Waals surface area contributed by atoms with E-state index in [1.807, 2.05) is 38.1 Å². The fourth-order valence-electron chi connectivity index (χ4n) is 1.65. The van der Waals surface area contributed by atoms with E-state index in [0.717, 1.165) is 17.7 Å². The van der Waals surface area contributed by atoms with E-state index < -0.39 is 12.6 Å². The molecule has 1 N–H and O–H groups in total. The topological polar surface area (TPSA) is 21.3 Å². The van der Waals surface area contributed by atoms with Gasteiger partial charge in [-0.05, 0) is 19.0 Å². The monoisotopic (exact) mass is 275 g/mol. The smallest absolute Gasteiger partial charge is 0.372 e. The Labute approximate surface area is 112 Å². The third kappa shape index (κ3) is 6.59. The van der Waals surface area contributed by atoms with E-state index in [1.54, 1.807) is 0 Å². The zero-order valence-corrected chi connectivity index (χ0v) is 11.3. The minimum absolute atomic E-state index is 0.312. The molecule has 0 aliphatic carbocycles. The number of alkyl halides is 3. The van der Waals surface area contributed by atoms with Crippen molar-refractivity contribution in [2.24, 2.45) is 0 Å². The molecule has 1 aromatic rings. The van der Waals surface area contributed by atoms with Crippen LogP contribution < -0.4 is 5.32 Å². The number of aryl methyl sites for hydroxylation is 1. The lowest BCUT2D eigenvalue weighted by atomic mass is 10.1. The Kier molecular flexibility index (Phi) is 6.31. The van der Waals surface area contributed by atoms with Crippen LogP contribution in [-0.2, 0) is 4.74 Å². The third-order valence-corrected chi connectivity index (χ3v) is 2.73. The zero-order chi connectivity index (χ0) is 14.3. The number of likely N-dealkylation sites (N-methyl/N-ethyl adjacent to an activating group) is 1. The van der Waals surface area contributed by atoms with Crippen LogP contribution in [0.25, 0.3) is 0 Å². The number of hydrogen-bond acceptors (Lipinski definition) is 2. The van der Waals surface area contributed by atoms with Crippen LogP contribution in [0.4, 0.5) is 13.2 Å². The Morgan fingerprint density at radius 3 is 2.37 bits per heavy atom. The van der Waals surface area contributed by atoms with Gasteiger partial charge in [0.05, 0.1) is 19.1 Å². The van der Waals surface area contributed by atoms with E-state index in [2.05, 4.69) is 5.32 Å². The van der Waals surface area contributed by atoms with Crippen LogP contribution in [0, 0.1) is 6.92 Å². The number of hydrogen-bond donors (Lipinski definition) is 1. The second-order valence-corrected chi connectivity index (χ2v) is 4.44. The summed E-state index contributed by atoms with van der Waals surface area (Å²) in [6, 6.07) is 7.65. The highest BCUT2D eigenvalue weighted by molar-refractivity contribution is 5.23. The van der Waals surface area contributed by atoms with Crippen molar-refractivity contribution in [3.63, 3.8) is 0 Å². The van der Waals surface area contributed by atoms with Gasteiger partial charge in [0, 0.05) is 6.54 Å². The number of ether oxygens (including phenoxy) is 1. The first-order chi connectivity index (χ1) is 8.92. The fourth-order valence-corrected chi connectivity index (χ4v) is 1.65. The number of nitrogens with one attached hydrogen (secondary N) is 1. The summed E-state index contributed by atoms with van der Waals surface area (Å²) >= 11 is 0. The summed E-state index contributed by atoms with van der Waals surface area (Å²) in [6.45, 7) is 4.87. The van der Waals surface area contributed by atoms with Gasteiger partial charge in [0.15, 0.2) is 0 Å². The van der Waals surface area contributed by atoms with Gasteiger partial charge in [-0.1, -0.05) is 36.8 Å². The van der Waals surface area contributed by atoms with Crippen LogP contribution >= 0.6 is 0 Å². The van der Waals surface area contributed by atoms with Crippen LogP contribution in [0.15, 0.2) is 24.3 Å². The van der Waals surface area contributed by atoms with Crippen molar-refractivity contribution in [2.75, 3.05) is 19.7 Å². The third-order valence-electron chi connectivity index (χ3n) is 2.73. The van der Waals surface area contributed by atoms with Crippen LogP contribution in [0.1, 0.15) is 30.6 Å². The summed E-state index contributed by atoms with van der Waals surface area (Å²) < 4.78 is 41.7. The number of rotatable bonds is 7. The number of halogens is 3. The van der Waals surface area contributed by atoms with Gasteiger partial charge in [-0.15, -0.1) is 0 Å². The Hall–Kier alpha value is -1.07. The van der Waals surface area contributed by atoms with E-state index in [0.29, 0.717) is 6.54 Å². The van der Waals surface area contributed by atoms with Crippen molar-refractivity contribution in [3.05, 3.63) is 35.4 Å². The molecular weight excluding hydrogens is 255 g/mol. The Bertz CT molecular complexity index is 362. The molecule has 19 heavy (non-hydrogen) atoms. The van der Waals surface area contributed by atoms with Crippen LogP contribution in [-0.4, -0.2) is 25.9 Å². The Balaban J connectivity index is 2.58. The maximum Gasteiger partial charge on any atom is 0.391 e. The van der Waals surface area contributed by atoms with Crippen molar-refractivity contribution in [3.8, 4) is 0 Å². The van der Waals surface area contributed by atoms with Crippen molar-refractivity contribution in [1.82, 2.24) is 5.32 Å². The first-order valence-electron chi connectivity index (χ1n) is 6.38. The van der Waals surface area contributed by atoms with Gasteiger partial charge in [-0.3, -0.25) is 0 Å². The maximum atomic E-state index is 12.1. The molecule has 108 valence electrons. The standard InChI is InChI=1S/C14H20F3NO/c1-3-18-10-13(19-9-8-14(15,16)17)12-6-4-11(2)5-7-12/h4-7,13,18H,3,8-10H2,1-2H3. The normalized spacial score (nSPS) is 13.5. The molecule has 0 saturated heterocycles. The molecule has 0 aliphatic rings. The minimum atomic E-state index is -4.17. The number of benzene rings is 1. The predicted molar refractivity (Wildman–Crippen MR) is 69.1 cm³/mol. The lowest BCUT2D eigenvalue weighted by Crippen LogP contribution is -2.24. The predicted octanol–water partition coefficient (Wildman–Crippen LogP) is 3.61. The van der Waals surface area contributed by atoms with Gasteiger partial charge in [-0.25, -0.2) is 0 Å². The van der Waals surface area contributed by atoms with Gasteiger partial charge in [0.2, 0.25) is 0 Å². The zero-order valence-electron chi connectivity index (χ0n) is 11.3. The molecule has 1 atom stereocenters. The highest BCUT2D eigenvalue weighted by Crippen LogP contribution is 2.22. The summed E-state index contributed by atoms with van der Waals surface area (Å²) in [5, 5.41) is 3.10. The average molecular weight is 275 g/mol. The summed E-state index contributed by atoms with van der Waals surface area (Å²) in [7, 11) is 0. The first-order valence-corrected chi connectivity index (χ1v) is 6.38. The molecule has 0 radical (unpaired) electrons. The van der Waals surface area contributed by atoms with E-state index >= 15 is 0 Å². The molecule has 2 nitrogen and oxygen atoms in total. The molecule has 0 spiro atoms. The second kappa shape index (κ2) is 7.50. The molecule has 0 saturated carbocycles. The molecule has 0 aliphatic heterocycles. The first kappa shape index (κ1) is 16.0. The minimum Gasteiger partial charge on any atom is -0.372 e. The lowest BCUT2D eigenvalue weighted by Gasteiger charge is -2.19. The quantitative estimate of drug-likeness (QED) is 0.820. The summed E-state index contributed by atoms with van der Waals surface area (Å²) in [6.07, 6.45) is -5.43. The Morgan fingerprint density at radius 2 is 1.84 bits per heavy atom. The second-order valence-electron chi connectivity index (χ2n) is 4.44. The van der Waals surface area contributed by atoms with Gasteiger partial charge in [0.1, 0.15) is 0 Å². The molecular formula is C14H20F3NO. The summed E-state index contributed by atoms with van der Waals surface area (Å²) in [5.41, 5.74) is 2.01. The van der Waals surface area contributed by atoms with Crippen molar-refractivity contribution >= 4 is 0 Å². The maximum absolute atomic E-state index is 12.1. The van der Waals surface area contributed by atoms with Crippen LogP contribution in [0.3, 0.4) is 0 Å². The van der Waals surface area contributed by atoms with Crippen LogP contribution in [0.2, 0.25) is 0 Å². The molecule has 0 heterocycles. The SMILES string of the molecule is CCNCC(OCCC(F)(F)F)c1ccc(C)cc1. The van der Waals surface area contributed by atoms with E-state index in [-0.39, 0.29) is 12.7 Å². The molecule has 1 aromatic carbocycles. The molecule has 1 unspecified atom stereocenters. The highest BCUT2D eigenvalue weighted by atomic mass is 19.4. The van der Waals surface area contributed by atoms with Gasteiger partial charge >= 0.3 is 6.18 Å². The van der Waals surface area contributed by atoms with Gasteiger partial charge in [0.25, 0.3) is 0 Å². The Morgan fingerprint density at radius 1 is 1.21 bits per heavy atom. The summed E-state index contributed by atoms with van der Waals surface area (Å²) in [4.78, 5) is 0. The molecule has 5 heteroatoms. The van der Waals surface area contributed by atoms with Crippen LogP contribution in [0.5, 0.6) is 0 Å². The highest BCUT2D eigenvalue weighted by Gasteiger charge is 2.27. The molecule has 0 amide bonds. The van der Waals surface area contributed by atoms with E-state index in [1.165, 1.54) is 0 Å². The summed E-state index contributed by atoms with van der Waals surface area (Å²) in [5.74, 6) is 0. The fraction of sp³-hybridized carbons (Fsp3) is 0.571. The van der Waals surface area contributed by atoms with Gasteiger partial charge in [-0.2, -0.15) is 13.2 Å². The molecule has 0 fully saturated rings. The average Bonchev–Trinajstić information content (AvgIpc) is 2.33. The van der Waals surface area contributed by atoms with E-state index in [9.17, 15) is 13.2 Å². The molecule has 1 rings (SSSR count). The van der Waals surface area contributed by atoms with E-state index in [4.69, 9.17) is 4.74 Å². The molecule has 0 bridgehead atoms. The molecule has 0 aromatic heterocycles. The lowest BCUT2D eigenvalue weighted by molar-refractivity contribution is -0.149.